The van der Waals surface area contributed by atoms with E-state index in [0.29, 0.717) is 12.8 Å². The van der Waals surface area contributed by atoms with Crippen LogP contribution >= 0.6 is 0 Å². The lowest BCUT2D eigenvalue weighted by molar-refractivity contribution is -0.147. The van der Waals surface area contributed by atoms with Crippen molar-refractivity contribution < 1.29 is 19.4 Å². The lowest BCUT2D eigenvalue weighted by atomic mass is 10.1. The minimum atomic E-state index is -0.730. The van der Waals surface area contributed by atoms with E-state index in [1.807, 2.05) is 6.08 Å². The number of esters is 1. The van der Waals surface area contributed by atoms with Gasteiger partial charge in [0.1, 0.15) is 6.10 Å². The van der Waals surface area contributed by atoms with Gasteiger partial charge in [-0.25, -0.2) is 0 Å². The van der Waals surface area contributed by atoms with Gasteiger partial charge in [0.15, 0.2) is 0 Å². The Hall–Kier alpha value is -2.10. The predicted molar refractivity (Wildman–Crippen MR) is 181 cm³/mol. The Bertz CT molecular complexity index is 719. The molecule has 242 valence electrons. The van der Waals surface area contributed by atoms with Gasteiger partial charge in [0, 0.05) is 12.8 Å². The number of allylic oxidation sites excluding steroid dienone is 7. The first kappa shape index (κ1) is 39.9. The van der Waals surface area contributed by atoms with Crippen LogP contribution in [0.1, 0.15) is 174 Å². The molecule has 0 bridgehead atoms. The molecule has 0 saturated heterocycles. The molecule has 0 fully saturated rings. The van der Waals surface area contributed by atoms with Crippen LogP contribution in [-0.4, -0.2) is 23.1 Å². The van der Waals surface area contributed by atoms with Crippen LogP contribution in [0.15, 0.2) is 48.6 Å². The number of carboxylic acid groups (broad SMARTS) is 1. The highest BCUT2D eigenvalue weighted by atomic mass is 16.5. The molecular weight excluding hydrogens is 520 g/mol. The summed E-state index contributed by atoms with van der Waals surface area (Å²) in [5.41, 5.74) is 0. The van der Waals surface area contributed by atoms with Gasteiger partial charge >= 0.3 is 11.9 Å². The van der Waals surface area contributed by atoms with Crippen LogP contribution in [0.25, 0.3) is 0 Å². The molecule has 0 aliphatic rings. The number of aliphatic carboxylic acids is 1. The van der Waals surface area contributed by atoms with Gasteiger partial charge in [-0.15, -0.1) is 0 Å². The summed E-state index contributed by atoms with van der Waals surface area (Å²) in [4.78, 5) is 23.1. The molecule has 0 rings (SSSR count). The fourth-order valence-corrected chi connectivity index (χ4v) is 4.88. The van der Waals surface area contributed by atoms with E-state index in [4.69, 9.17) is 9.84 Å². The first-order valence-electron chi connectivity index (χ1n) is 17.6. The zero-order valence-electron chi connectivity index (χ0n) is 27.5. The monoisotopic (exact) mass is 586 g/mol. The molecule has 0 spiro atoms. The van der Waals surface area contributed by atoms with Gasteiger partial charge in [0.05, 0.1) is 0 Å². The zero-order valence-corrected chi connectivity index (χ0v) is 27.5. The molecule has 0 aliphatic heterocycles. The van der Waals surface area contributed by atoms with Crippen molar-refractivity contribution >= 4 is 11.9 Å². The summed E-state index contributed by atoms with van der Waals surface area (Å²) in [5, 5.41) is 8.78. The van der Waals surface area contributed by atoms with Crippen molar-refractivity contribution in [2.75, 3.05) is 0 Å². The number of ether oxygens (including phenoxy) is 1. The van der Waals surface area contributed by atoms with E-state index in [0.717, 1.165) is 64.2 Å². The van der Waals surface area contributed by atoms with Crippen LogP contribution in [0.5, 0.6) is 0 Å². The number of carbonyl (C=O) groups is 2. The molecule has 1 atom stereocenters. The maximum Gasteiger partial charge on any atom is 0.306 e. The Morgan fingerprint density at radius 1 is 0.548 bits per heavy atom. The van der Waals surface area contributed by atoms with Crippen molar-refractivity contribution in [1.29, 1.82) is 0 Å². The van der Waals surface area contributed by atoms with E-state index in [-0.39, 0.29) is 18.5 Å². The number of unbranched alkanes of at least 4 members (excludes halogenated alkanes) is 16. The van der Waals surface area contributed by atoms with Gasteiger partial charge in [-0.2, -0.15) is 0 Å². The van der Waals surface area contributed by atoms with E-state index >= 15 is 0 Å². The van der Waals surface area contributed by atoms with Crippen molar-refractivity contribution in [1.82, 2.24) is 0 Å². The van der Waals surface area contributed by atoms with Crippen molar-refractivity contribution in [2.24, 2.45) is 0 Å². The maximum absolute atomic E-state index is 12.5. The SMILES string of the molecule is CCC/C=C\C/C=C\C(CCCCCCC(=O)O)OC(=O)CCCCCCCCCCC/C=C\C/C=C\CCCCC. The van der Waals surface area contributed by atoms with Crippen molar-refractivity contribution in [3.05, 3.63) is 48.6 Å². The number of rotatable bonds is 31. The van der Waals surface area contributed by atoms with Gasteiger partial charge in [0.2, 0.25) is 0 Å². The van der Waals surface area contributed by atoms with Crippen LogP contribution in [0.3, 0.4) is 0 Å². The Kier molecular flexibility index (Phi) is 31.7. The quantitative estimate of drug-likeness (QED) is 0.0498. The fraction of sp³-hybridized carbons (Fsp3) is 0.737. The highest BCUT2D eigenvalue weighted by molar-refractivity contribution is 5.69. The Balaban J connectivity index is 3.88. The van der Waals surface area contributed by atoms with E-state index in [1.165, 1.54) is 77.0 Å². The van der Waals surface area contributed by atoms with Crippen LogP contribution in [0.2, 0.25) is 0 Å². The van der Waals surface area contributed by atoms with Gasteiger partial charge in [-0.05, 0) is 76.7 Å². The predicted octanol–water partition coefficient (Wildman–Crippen LogP) is 12.0. The third-order valence-corrected chi connectivity index (χ3v) is 7.49. The lowest BCUT2D eigenvalue weighted by Crippen LogP contribution is -2.16. The lowest BCUT2D eigenvalue weighted by Gasteiger charge is -2.14. The molecular formula is C38H66O4. The molecule has 0 heterocycles. The number of carbonyl (C=O) groups excluding carboxylic acids is 1. The highest BCUT2D eigenvalue weighted by Crippen LogP contribution is 2.15. The van der Waals surface area contributed by atoms with Gasteiger partial charge in [-0.1, -0.05) is 133 Å². The summed E-state index contributed by atoms with van der Waals surface area (Å²) in [6.07, 6.45) is 44.3. The molecule has 4 nitrogen and oxygen atoms in total. The first-order valence-corrected chi connectivity index (χ1v) is 17.6. The molecule has 1 N–H and O–H groups in total. The number of hydrogen-bond acceptors (Lipinski definition) is 3. The van der Waals surface area contributed by atoms with Crippen molar-refractivity contribution in [2.45, 2.75) is 180 Å². The molecule has 1 unspecified atom stereocenters. The van der Waals surface area contributed by atoms with Gasteiger partial charge in [0.25, 0.3) is 0 Å². The smallest absolute Gasteiger partial charge is 0.306 e. The summed E-state index contributed by atoms with van der Waals surface area (Å²) in [5.74, 6) is -0.819. The molecule has 0 aromatic heterocycles. The van der Waals surface area contributed by atoms with Crippen LogP contribution in [0, 0.1) is 0 Å². The molecule has 4 heteroatoms. The molecule has 0 aromatic carbocycles. The summed E-state index contributed by atoms with van der Waals surface area (Å²) in [7, 11) is 0. The maximum atomic E-state index is 12.5. The number of carboxylic acids is 1. The third-order valence-electron chi connectivity index (χ3n) is 7.49. The second-order valence-corrected chi connectivity index (χ2v) is 11.7. The Labute approximate surface area is 260 Å². The minimum absolute atomic E-state index is 0.0888. The topological polar surface area (TPSA) is 63.6 Å². The van der Waals surface area contributed by atoms with E-state index in [1.54, 1.807) is 0 Å². The molecule has 0 aliphatic carbocycles. The second-order valence-electron chi connectivity index (χ2n) is 11.7. The first-order chi connectivity index (χ1) is 20.6. The summed E-state index contributed by atoms with van der Waals surface area (Å²) < 4.78 is 5.81. The second kappa shape index (κ2) is 33.4. The van der Waals surface area contributed by atoms with E-state index in [2.05, 4.69) is 56.4 Å². The molecule has 0 aromatic rings. The minimum Gasteiger partial charge on any atom is -0.481 e. The Morgan fingerprint density at radius 2 is 1.05 bits per heavy atom. The van der Waals surface area contributed by atoms with Crippen LogP contribution in [-0.2, 0) is 14.3 Å². The molecule has 0 amide bonds. The van der Waals surface area contributed by atoms with Crippen LogP contribution < -0.4 is 0 Å². The van der Waals surface area contributed by atoms with E-state index in [9.17, 15) is 9.59 Å². The standard InChI is InChI=1S/C38H66O4/c1-3-5-7-9-11-12-13-14-15-16-17-18-19-20-21-22-23-25-31-35-38(41)42-36(32-28-24-10-8-6-4-2)33-29-26-27-30-34-37(39)40/h8,10-12,14-15,28,32,36H,3-7,9,13,16-27,29-31,33-35H2,1-2H3,(H,39,40)/b10-8-,12-11-,15-14-,32-28-. The largest absolute Gasteiger partial charge is 0.481 e. The summed E-state index contributed by atoms with van der Waals surface area (Å²) in [6.45, 7) is 4.42. The average Bonchev–Trinajstić information content (AvgIpc) is 2.97. The Morgan fingerprint density at radius 3 is 1.64 bits per heavy atom. The molecule has 42 heavy (non-hydrogen) atoms. The number of hydrogen-bond donors (Lipinski definition) is 1. The van der Waals surface area contributed by atoms with Gasteiger partial charge in [-0.3, -0.25) is 9.59 Å². The molecule has 0 radical (unpaired) electrons. The molecule has 0 saturated carbocycles. The zero-order chi connectivity index (χ0) is 30.8. The van der Waals surface area contributed by atoms with Crippen molar-refractivity contribution in [3.8, 4) is 0 Å². The van der Waals surface area contributed by atoms with Gasteiger partial charge < -0.3 is 9.84 Å². The summed E-state index contributed by atoms with van der Waals surface area (Å²) >= 11 is 0. The fourth-order valence-electron chi connectivity index (χ4n) is 4.88. The third kappa shape index (κ3) is 32.4. The normalized spacial score (nSPS) is 12.8. The van der Waals surface area contributed by atoms with Crippen molar-refractivity contribution in [3.63, 3.8) is 0 Å². The average molecular weight is 587 g/mol. The highest BCUT2D eigenvalue weighted by Gasteiger charge is 2.11. The summed E-state index contributed by atoms with van der Waals surface area (Å²) in [6, 6.07) is 0. The van der Waals surface area contributed by atoms with E-state index < -0.39 is 5.97 Å². The van der Waals surface area contributed by atoms with Crippen LogP contribution in [0.4, 0.5) is 0 Å².